The van der Waals surface area contributed by atoms with E-state index in [-0.39, 0.29) is 0 Å². The first kappa shape index (κ1) is 9.67. The molecule has 15 heavy (non-hydrogen) atoms. The van der Waals surface area contributed by atoms with Gasteiger partial charge in [0, 0.05) is 6.07 Å². The number of pyridine rings is 2. The fourth-order valence-corrected chi connectivity index (χ4v) is 1.53. The molecule has 76 valence electrons. The van der Waals surface area contributed by atoms with Gasteiger partial charge in [-0.3, -0.25) is 3.97 Å². The van der Waals surface area contributed by atoms with E-state index in [0.29, 0.717) is 11.4 Å². The second kappa shape index (κ2) is 3.70. The molecule has 0 atom stereocenters. The van der Waals surface area contributed by atoms with E-state index >= 15 is 0 Å². The largest absolute Gasteiger partial charge is 0.426 e. The van der Waals surface area contributed by atoms with Crippen molar-refractivity contribution in [3.63, 3.8) is 0 Å². The van der Waals surface area contributed by atoms with Crippen molar-refractivity contribution in [2.75, 3.05) is 11.5 Å². The van der Waals surface area contributed by atoms with Gasteiger partial charge in [-0.1, -0.05) is 0 Å². The van der Waals surface area contributed by atoms with E-state index in [1.54, 1.807) is 24.5 Å². The Morgan fingerprint density at radius 1 is 1.07 bits per heavy atom. The van der Waals surface area contributed by atoms with Crippen LogP contribution in [0.2, 0.25) is 0 Å². The van der Waals surface area contributed by atoms with Gasteiger partial charge in [0.25, 0.3) is 0 Å². The summed E-state index contributed by atoms with van der Waals surface area (Å²) in [4.78, 5) is 4.19. The number of rotatable bonds is 1. The molecule has 4 nitrogen and oxygen atoms in total. The summed E-state index contributed by atoms with van der Waals surface area (Å²) in [6.07, 6.45) is 3.27. The summed E-state index contributed by atoms with van der Waals surface area (Å²) in [6, 6.07) is 7.23. The highest BCUT2D eigenvalue weighted by atomic mass is 32.1. The number of anilines is 2. The lowest BCUT2D eigenvalue weighted by Gasteiger charge is -2.05. The molecule has 2 aromatic heterocycles. The zero-order chi connectivity index (χ0) is 10.8. The summed E-state index contributed by atoms with van der Waals surface area (Å²) in [5.74, 6) is 0. The molecule has 0 saturated heterocycles. The lowest BCUT2D eigenvalue weighted by molar-refractivity contribution is -0.479. The van der Waals surface area contributed by atoms with E-state index in [4.69, 9.17) is 24.3 Å². The average molecular weight is 218 g/mol. The first-order valence-corrected chi connectivity index (χ1v) is 4.74. The maximum absolute atomic E-state index is 5.60. The van der Waals surface area contributed by atoms with Crippen molar-refractivity contribution >= 4 is 24.2 Å². The fourth-order valence-electron chi connectivity index (χ4n) is 1.25. The molecule has 2 heterocycles. The Balaban J connectivity index is 2.49. The van der Waals surface area contributed by atoms with Crippen molar-refractivity contribution < 1.29 is 3.97 Å². The number of nitrogens with zero attached hydrogens (tertiary/aromatic N) is 2. The Morgan fingerprint density at radius 2 is 1.80 bits per heavy atom. The highest BCUT2D eigenvalue weighted by Gasteiger charge is 2.07. The molecule has 0 bridgehead atoms. The Hall–Kier alpha value is -1.88. The van der Waals surface area contributed by atoms with Gasteiger partial charge in [-0.05, 0) is 18.2 Å². The minimum Gasteiger partial charge on any atom is -0.426 e. The van der Waals surface area contributed by atoms with E-state index < -0.39 is 0 Å². The second-order valence-corrected chi connectivity index (χ2v) is 3.54. The molecule has 0 aliphatic heterocycles. The van der Waals surface area contributed by atoms with Crippen LogP contribution >= 0.6 is 0 Å². The summed E-state index contributed by atoms with van der Waals surface area (Å²) < 4.78 is 1.52. The summed E-state index contributed by atoms with van der Waals surface area (Å²) in [5.41, 5.74) is 14.0. The monoisotopic (exact) mass is 218 g/mol. The third-order valence-electron chi connectivity index (χ3n) is 1.99. The number of hydrogen-bond donors (Lipinski definition) is 2. The van der Waals surface area contributed by atoms with Gasteiger partial charge in [-0.25, -0.2) is 4.98 Å². The van der Waals surface area contributed by atoms with Crippen molar-refractivity contribution in [2.24, 2.45) is 0 Å². The quantitative estimate of drug-likeness (QED) is 0.540. The molecular formula is C10H10N4S. The third-order valence-corrected chi connectivity index (χ3v) is 2.29. The van der Waals surface area contributed by atoms with Gasteiger partial charge in [0.2, 0.25) is 5.69 Å². The molecule has 4 N–H and O–H groups in total. The van der Waals surface area contributed by atoms with Crippen LogP contribution in [0, 0.1) is 0 Å². The van der Waals surface area contributed by atoms with Crippen LogP contribution in [-0.2, 0) is 12.8 Å². The van der Waals surface area contributed by atoms with E-state index in [1.807, 2.05) is 12.1 Å². The summed E-state index contributed by atoms with van der Waals surface area (Å²) in [6.45, 7) is 0. The zero-order valence-electron chi connectivity index (χ0n) is 7.92. The molecule has 0 aromatic carbocycles. The molecule has 2 rings (SSSR count). The van der Waals surface area contributed by atoms with Gasteiger partial charge in [-0.2, -0.15) is 0 Å². The fraction of sp³-hybridized carbons (Fsp3) is 0. The van der Waals surface area contributed by atoms with E-state index in [2.05, 4.69) is 4.98 Å². The van der Waals surface area contributed by atoms with E-state index in [0.717, 1.165) is 11.4 Å². The molecule has 0 unspecified atom stereocenters. The first-order valence-electron chi connectivity index (χ1n) is 4.37. The molecule has 0 saturated carbocycles. The minimum atomic E-state index is 0.629. The predicted molar refractivity (Wildman–Crippen MR) is 61.5 cm³/mol. The number of nitrogens with two attached hydrogens (primary N) is 2. The Labute approximate surface area is 93.1 Å². The van der Waals surface area contributed by atoms with E-state index in [9.17, 15) is 0 Å². The molecule has 0 spiro atoms. The standard InChI is InChI=1S/C10H10N4S/c11-7-1-3-9(13-5-7)10-4-2-8(12)6-14(10)15/h1-6H,11-12H2. The van der Waals surface area contributed by atoms with Crippen LogP contribution in [-0.4, -0.2) is 4.98 Å². The number of nitrogen functional groups attached to an aromatic ring is 2. The third kappa shape index (κ3) is 1.97. The SMILES string of the molecule is Nc1ccc(-c2ccc(N)c[n+]2[S-])nc1. The summed E-state index contributed by atoms with van der Waals surface area (Å²) >= 11 is 5.12. The maximum Gasteiger partial charge on any atom is 0.216 e. The summed E-state index contributed by atoms with van der Waals surface area (Å²) in [7, 11) is 0. The van der Waals surface area contributed by atoms with Gasteiger partial charge < -0.3 is 24.3 Å². The van der Waals surface area contributed by atoms with Crippen molar-refractivity contribution in [1.82, 2.24) is 4.98 Å². The van der Waals surface area contributed by atoms with Crippen molar-refractivity contribution in [3.8, 4) is 11.4 Å². The van der Waals surface area contributed by atoms with Crippen LogP contribution in [0.5, 0.6) is 0 Å². The normalized spacial score (nSPS) is 10.1. The van der Waals surface area contributed by atoms with E-state index in [1.165, 1.54) is 3.97 Å². The van der Waals surface area contributed by atoms with Gasteiger partial charge in [0.05, 0.1) is 17.6 Å². The lowest BCUT2D eigenvalue weighted by Crippen LogP contribution is -2.29. The van der Waals surface area contributed by atoms with Gasteiger partial charge >= 0.3 is 0 Å². The predicted octanol–water partition coefficient (Wildman–Crippen LogP) is 0.511. The summed E-state index contributed by atoms with van der Waals surface area (Å²) in [5, 5.41) is 0. The Morgan fingerprint density at radius 3 is 2.40 bits per heavy atom. The van der Waals surface area contributed by atoms with Crippen molar-refractivity contribution in [1.29, 1.82) is 0 Å². The van der Waals surface area contributed by atoms with Crippen LogP contribution in [0.1, 0.15) is 0 Å². The average Bonchev–Trinajstić information content (AvgIpc) is 2.20. The Bertz CT molecular complexity index is 481. The van der Waals surface area contributed by atoms with Crippen LogP contribution in [0.25, 0.3) is 11.4 Å². The van der Waals surface area contributed by atoms with Crippen LogP contribution in [0.3, 0.4) is 0 Å². The topological polar surface area (TPSA) is 68.8 Å². The highest BCUT2D eigenvalue weighted by Crippen LogP contribution is 2.14. The molecule has 0 aliphatic rings. The number of aromatic nitrogens is 2. The van der Waals surface area contributed by atoms with Gasteiger partial charge in [0.15, 0.2) is 6.20 Å². The smallest absolute Gasteiger partial charge is 0.216 e. The maximum atomic E-state index is 5.60. The van der Waals surface area contributed by atoms with Crippen molar-refractivity contribution in [3.05, 3.63) is 36.7 Å². The highest BCUT2D eigenvalue weighted by molar-refractivity contribution is 7.51. The second-order valence-electron chi connectivity index (χ2n) is 3.15. The lowest BCUT2D eigenvalue weighted by atomic mass is 10.2. The molecule has 0 aliphatic carbocycles. The Kier molecular flexibility index (Phi) is 2.39. The molecule has 0 radical (unpaired) electrons. The van der Waals surface area contributed by atoms with Crippen molar-refractivity contribution in [2.45, 2.75) is 0 Å². The van der Waals surface area contributed by atoms with Gasteiger partial charge in [-0.15, -0.1) is 0 Å². The molecular weight excluding hydrogens is 208 g/mol. The first-order chi connectivity index (χ1) is 7.16. The van der Waals surface area contributed by atoms with Crippen LogP contribution < -0.4 is 15.4 Å². The molecule has 0 amide bonds. The van der Waals surface area contributed by atoms with Crippen LogP contribution in [0.4, 0.5) is 11.4 Å². The zero-order valence-corrected chi connectivity index (χ0v) is 8.74. The molecule has 2 aromatic rings. The number of hydrogen-bond acceptors (Lipinski definition) is 4. The molecule has 0 fully saturated rings. The van der Waals surface area contributed by atoms with Gasteiger partial charge in [0.1, 0.15) is 5.69 Å². The molecule has 5 heteroatoms. The minimum absolute atomic E-state index is 0.629. The van der Waals surface area contributed by atoms with Crippen LogP contribution in [0.15, 0.2) is 36.7 Å².